The number of nitrogens with zero attached hydrogens (tertiary/aromatic N) is 1. The molecular formula is C21H26N2O. The molecule has 4 aliphatic rings. The van der Waals surface area contributed by atoms with Crippen LogP contribution in [0.25, 0.3) is 10.9 Å². The van der Waals surface area contributed by atoms with Crippen molar-refractivity contribution in [3.05, 3.63) is 40.6 Å². The Labute approximate surface area is 143 Å². The summed E-state index contributed by atoms with van der Waals surface area (Å²) in [6, 6.07) is 7.15. The van der Waals surface area contributed by atoms with Crippen molar-refractivity contribution in [1.29, 1.82) is 0 Å². The fraction of sp³-hybridized carbons (Fsp3) is 0.524. The lowest BCUT2D eigenvalue weighted by Gasteiger charge is -2.51. The standard InChI is InChI=1S/C21H26N2O/c1-4-15-12(2)13-9-18-20-16(7-8-23(11-13)21(15)18)17-10-14(24-3)5-6-19(17)22-20/h5-6,10,15,18,21-22H,4,7-9,11H2,1-3H3/t15-,18-,21?/m0/s1. The van der Waals surface area contributed by atoms with E-state index in [0.29, 0.717) is 12.0 Å². The first-order chi connectivity index (χ1) is 11.7. The number of aromatic nitrogens is 1. The quantitative estimate of drug-likeness (QED) is 0.837. The van der Waals surface area contributed by atoms with E-state index in [9.17, 15) is 0 Å². The molecule has 3 heteroatoms. The highest BCUT2D eigenvalue weighted by Crippen LogP contribution is 2.51. The Hall–Kier alpha value is -1.74. The van der Waals surface area contributed by atoms with E-state index in [1.807, 2.05) is 0 Å². The summed E-state index contributed by atoms with van der Waals surface area (Å²) in [5.74, 6) is 2.33. The van der Waals surface area contributed by atoms with E-state index in [1.165, 1.54) is 48.1 Å². The Balaban J connectivity index is 1.69. The number of rotatable bonds is 2. The van der Waals surface area contributed by atoms with Crippen LogP contribution in [0.3, 0.4) is 0 Å². The maximum Gasteiger partial charge on any atom is 0.119 e. The Morgan fingerprint density at radius 3 is 3.00 bits per heavy atom. The Bertz CT molecular complexity index is 847. The summed E-state index contributed by atoms with van der Waals surface area (Å²) in [5.41, 5.74) is 7.72. The molecule has 1 N–H and O–H groups in total. The number of hydrogen-bond acceptors (Lipinski definition) is 2. The average molecular weight is 322 g/mol. The molecule has 3 nitrogen and oxygen atoms in total. The molecule has 1 aliphatic carbocycles. The van der Waals surface area contributed by atoms with Crippen LogP contribution in [0.5, 0.6) is 5.75 Å². The maximum atomic E-state index is 5.47. The molecule has 3 aliphatic heterocycles. The van der Waals surface area contributed by atoms with Gasteiger partial charge in [0.15, 0.2) is 0 Å². The van der Waals surface area contributed by atoms with Gasteiger partial charge in [0, 0.05) is 41.6 Å². The third-order valence-corrected chi connectivity index (χ3v) is 6.83. The van der Waals surface area contributed by atoms with Gasteiger partial charge in [-0.05, 0) is 55.9 Å². The van der Waals surface area contributed by atoms with Gasteiger partial charge in [0.2, 0.25) is 0 Å². The third-order valence-electron chi connectivity index (χ3n) is 6.83. The van der Waals surface area contributed by atoms with Crippen molar-refractivity contribution >= 4 is 10.9 Å². The van der Waals surface area contributed by atoms with E-state index in [2.05, 4.69) is 41.9 Å². The zero-order valence-corrected chi connectivity index (χ0v) is 14.9. The summed E-state index contributed by atoms with van der Waals surface area (Å²) >= 11 is 0. The summed E-state index contributed by atoms with van der Waals surface area (Å²) in [6.45, 7) is 7.14. The van der Waals surface area contributed by atoms with Crippen LogP contribution in [0, 0.1) is 5.92 Å². The fourth-order valence-electron chi connectivity index (χ4n) is 5.66. The van der Waals surface area contributed by atoms with Crippen molar-refractivity contribution < 1.29 is 4.74 Å². The molecule has 4 bridgehead atoms. The minimum atomic E-state index is 0.637. The number of benzene rings is 1. The molecule has 0 radical (unpaired) electrons. The maximum absolute atomic E-state index is 5.47. The van der Waals surface area contributed by atoms with Crippen molar-refractivity contribution in [2.45, 2.75) is 45.1 Å². The Morgan fingerprint density at radius 2 is 2.21 bits per heavy atom. The zero-order chi connectivity index (χ0) is 16.4. The number of H-pyrrole nitrogens is 1. The van der Waals surface area contributed by atoms with Crippen LogP contribution in [0.4, 0.5) is 0 Å². The average Bonchev–Trinajstić information content (AvgIpc) is 2.93. The van der Waals surface area contributed by atoms with Gasteiger partial charge in [0.1, 0.15) is 5.75 Å². The number of hydrogen-bond donors (Lipinski definition) is 1. The smallest absolute Gasteiger partial charge is 0.119 e. The van der Waals surface area contributed by atoms with Gasteiger partial charge in [-0.25, -0.2) is 0 Å². The largest absolute Gasteiger partial charge is 0.497 e. The first-order valence-electron chi connectivity index (χ1n) is 9.32. The van der Waals surface area contributed by atoms with Crippen LogP contribution in [0.15, 0.2) is 29.3 Å². The highest BCUT2D eigenvalue weighted by atomic mass is 16.5. The lowest BCUT2D eigenvalue weighted by Crippen LogP contribution is -2.53. The molecule has 126 valence electrons. The van der Waals surface area contributed by atoms with Crippen molar-refractivity contribution in [3.8, 4) is 5.75 Å². The number of aromatic amines is 1. The van der Waals surface area contributed by atoms with E-state index in [-0.39, 0.29) is 0 Å². The van der Waals surface area contributed by atoms with Crippen LogP contribution in [-0.2, 0) is 6.42 Å². The lowest BCUT2D eigenvalue weighted by molar-refractivity contribution is 0.0993. The monoisotopic (exact) mass is 322 g/mol. The second-order valence-electron chi connectivity index (χ2n) is 7.75. The van der Waals surface area contributed by atoms with Crippen molar-refractivity contribution in [1.82, 2.24) is 9.88 Å². The third kappa shape index (κ3) is 1.82. The topological polar surface area (TPSA) is 28.3 Å². The molecule has 4 heterocycles. The number of fused-ring (bicyclic) bond motifs is 4. The Morgan fingerprint density at radius 1 is 1.33 bits per heavy atom. The number of nitrogens with one attached hydrogen (secondary N) is 1. The molecule has 1 saturated heterocycles. The molecule has 0 saturated carbocycles. The summed E-state index contributed by atoms with van der Waals surface area (Å²) in [6.07, 6.45) is 3.66. The molecule has 0 amide bonds. The van der Waals surface area contributed by atoms with Gasteiger partial charge in [0.05, 0.1) is 7.11 Å². The molecule has 0 spiro atoms. The molecule has 24 heavy (non-hydrogen) atoms. The van der Waals surface area contributed by atoms with Crippen molar-refractivity contribution in [2.75, 3.05) is 20.2 Å². The van der Waals surface area contributed by atoms with Crippen LogP contribution in [-0.4, -0.2) is 36.1 Å². The van der Waals surface area contributed by atoms with Gasteiger partial charge < -0.3 is 9.72 Å². The highest BCUT2D eigenvalue weighted by Gasteiger charge is 2.47. The number of piperidine rings is 1. The number of methoxy groups -OCH3 is 1. The van der Waals surface area contributed by atoms with Gasteiger partial charge in [-0.1, -0.05) is 18.1 Å². The van der Waals surface area contributed by atoms with Gasteiger partial charge in [-0.15, -0.1) is 0 Å². The van der Waals surface area contributed by atoms with E-state index in [4.69, 9.17) is 4.74 Å². The molecule has 2 aromatic rings. The van der Waals surface area contributed by atoms with E-state index >= 15 is 0 Å². The molecular weight excluding hydrogens is 296 g/mol. The summed E-state index contributed by atoms with van der Waals surface area (Å²) in [4.78, 5) is 6.57. The predicted octanol–water partition coefficient (Wildman–Crippen LogP) is 4.25. The van der Waals surface area contributed by atoms with Crippen molar-refractivity contribution in [2.24, 2.45) is 5.92 Å². The summed E-state index contributed by atoms with van der Waals surface area (Å²) in [5, 5.41) is 1.37. The van der Waals surface area contributed by atoms with Crippen molar-refractivity contribution in [3.63, 3.8) is 0 Å². The first-order valence-corrected chi connectivity index (χ1v) is 9.32. The second kappa shape index (κ2) is 5.13. The van der Waals surface area contributed by atoms with Crippen LogP contribution in [0.1, 0.15) is 43.9 Å². The van der Waals surface area contributed by atoms with Crippen LogP contribution >= 0.6 is 0 Å². The fourth-order valence-corrected chi connectivity index (χ4v) is 5.66. The molecule has 6 rings (SSSR count). The molecule has 1 aromatic carbocycles. The molecule has 1 fully saturated rings. The number of ether oxygens (including phenoxy) is 1. The van der Waals surface area contributed by atoms with Crippen LogP contribution in [0.2, 0.25) is 0 Å². The summed E-state index contributed by atoms with van der Waals surface area (Å²) < 4.78 is 5.47. The van der Waals surface area contributed by atoms with E-state index in [0.717, 1.165) is 18.1 Å². The predicted molar refractivity (Wildman–Crippen MR) is 97.8 cm³/mol. The van der Waals surface area contributed by atoms with E-state index < -0.39 is 0 Å². The minimum Gasteiger partial charge on any atom is -0.497 e. The van der Waals surface area contributed by atoms with Gasteiger partial charge in [-0.3, -0.25) is 4.90 Å². The minimum absolute atomic E-state index is 0.637. The molecule has 2 unspecified atom stereocenters. The molecule has 4 atom stereocenters. The molecule has 1 aromatic heterocycles. The van der Waals surface area contributed by atoms with Crippen LogP contribution < -0.4 is 4.74 Å². The lowest BCUT2D eigenvalue weighted by atomic mass is 9.67. The normalized spacial score (nSPS) is 31.3. The SMILES string of the molecule is CC[C@H]1C(C)=C2C[C@H]3c4[nH]c5ccc(OC)cc5c4CCN(C2)C13. The second-order valence-corrected chi connectivity index (χ2v) is 7.75. The van der Waals surface area contributed by atoms with Gasteiger partial charge in [0.25, 0.3) is 0 Å². The summed E-state index contributed by atoms with van der Waals surface area (Å²) in [7, 11) is 1.76. The highest BCUT2D eigenvalue weighted by molar-refractivity contribution is 5.86. The van der Waals surface area contributed by atoms with Gasteiger partial charge in [-0.2, -0.15) is 0 Å². The van der Waals surface area contributed by atoms with Gasteiger partial charge >= 0.3 is 0 Å². The zero-order valence-electron chi connectivity index (χ0n) is 14.9. The Kier molecular flexibility index (Phi) is 3.12. The first kappa shape index (κ1) is 14.6. The van der Waals surface area contributed by atoms with E-state index in [1.54, 1.807) is 18.3 Å².